The highest BCUT2D eigenvalue weighted by atomic mass is 79.9. The molecule has 26 heavy (non-hydrogen) atoms. The molecule has 0 unspecified atom stereocenters. The molecule has 6 nitrogen and oxygen atoms in total. The van der Waals surface area contributed by atoms with Crippen molar-refractivity contribution in [2.45, 2.75) is 4.90 Å². The highest BCUT2D eigenvalue weighted by molar-refractivity contribution is 9.10. The van der Waals surface area contributed by atoms with Crippen LogP contribution < -0.4 is 5.56 Å². The van der Waals surface area contributed by atoms with Crippen LogP contribution >= 0.6 is 15.9 Å². The topological polar surface area (TPSA) is 88.7 Å². The van der Waals surface area contributed by atoms with Crippen molar-refractivity contribution in [3.05, 3.63) is 63.4 Å². The van der Waals surface area contributed by atoms with Gasteiger partial charge in [0.25, 0.3) is 15.7 Å². The quantitative estimate of drug-likeness (QED) is 0.412. The molecule has 1 N–H and O–H groups in total. The number of rotatable bonds is 1. The lowest BCUT2D eigenvalue weighted by Gasteiger charge is -2.08. The van der Waals surface area contributed by atoms with Gasteiger partial charge < -0.3 is 0 Å². The fourth-order valence-corrected chi connectivity index (χ4v) is 4.42. The Labute approximate surface area is 154 Å². The minimum atomic E-state index is -4.38. The summed E-state index contributed by atoms with van der Waals surface area (Å²) in [5, 5.41) is 3.03. The van der Waals surface area contributed by atoms with Gasteiger partial charge in [0, 0.05) is 20.6 Å². The Morgan fingerprint density at radius 1 is 1.00 bits per heavy atom. The van der Waals surface area contributed by atoms with Gasteiger partial charge in [0.1, 0.15) is 5.65 Å². The second kappa shape index (κ2) is 5.00. The molecule has 128 valence electrons. The maximum Gasteiger partial charge on any atom is 0.294 e. The van der Waals surface area contributed by atoms with Crippen LogP contribution in [0, 0.1) is 0 Å². The van der Waals surface area contributed by atoms with E-state index in [1.165, 1.54) is 22.6 Å². The molecule has 0 saturated carbocycles. The third-order valence-electron chi connectivity index (χ3n) is 4.59. The average molecular weight is 429 g/mol. The van der Waals surface area contributed by atoms with E-state index in [0.717, 1.165) is 20.6 Å². The Kier molecular flexibility index (Phi) is 3.02. The van der Waals surface area contributed by atoms with Crippen LogP contribution in [0.25, 0.3) is 38.2 Å². The van der Waals surface area contributed by atoms with E-state index in [9.17, 15) is 17.8 Å². The third kappa shape index (κ3) is 1.97. The molecule has 8 heteroatoms. The second-order valence-electron chi connectivity index (χ2n) is 6.02. The minimum absolute atomic E-state index is 0.277. The van der Waals surface area contributed by atoms with Crippen LogP contribution in [0.5, 0.6) is 0 Å². The van der Waals surface area contributed by atoms with Crippen molar-refractivity contribution in [2.24, 2.45) is 0 Å². The largest absolute Gasteiger partial charge is 0.294 e. The molecule has 0 aliphatic rings. The molecule has 0 spiro atoms. The summed E-state index contributed by atoms with van der Waals surface area (Å²) in [4.78, 5) is 17.4. The Morgan fingerprint density at radius 3 is 2.54 bits per heavy atom. The van der Waals surface area contributed by atoms with E-state index in [4.69, 9.17) is 0 Å². The summed E-state index contributed by atoms with van der Waals surface area (Å²) in [5.41, 5.74) is 0.982. The third-order valence-corrected chi connectivity index (χ3v) is 6.13. The molecule has 0 atom stereocenters. The van der Waals surface area contributed by atoms with Crippen LogP contribution in [-0.2, 0) is 10.1 Å². The number of nitrogens with zero attached hydrogens (tertiary/aromatic N) is 2. The number of pyridine rings is 1. The summed E-state index contributed by atoms with van der Waals surface area (Å²) in [6.07, 6.45) is 0. The van der Waals surface area contributed by atoms with Gasteiger partial charge in [-0.15, -0.1) is 0 Å². The SMILES string of the molecule is O=c1c2cccc3c(Br)ccc(c32)c2nc3ccc(S(=O)(=O)O)cc3n12. The van der Waals surface area contributed by atoms with Gasteiger partial charge in [0.15, 0.2) is 0 Å². The van der Waals surface area contributed by atoms with Gasteiger partial charge in [0.2, 0.25) is 0 Å². The zero-order chi connectivity index (χ0) is 18.2. The smallest absolute Gasteiger partial charge is 0.282 e. The number of hydrogen-bond donors (Lipinski definition) is 1. The molecule has 0 amide bonds. The first-order valence-corrected chi connectivity index (χ1v) is 9.86. The Bertz CT molecular complexity index is 1540. The van der Waals surface area contributed by atoms with Crippen LogP contribution in [0.2, 0.25) is 0 Å². The first kappa shape index (κ1) is 15.7. The zero-order valence-corrected chi connectivity index (χ0v) is 15.4. The van der Waals surface area contributed by atoms with Gasteiger partial charge in [-0.25, -0.2) is 4.98 Å². The number of hydrogen-bond acceptors (Lipinski definition) is 4. The van der Waals surface area contributed by atoms with Gasteiger partial charge in [-0.3, -0.25) is 13.7 Å². The molecule has 5 aromatic rings. The number of halogens is 1. The fourth-order valence-electron chi connectivity index (χ4n) is 3.46. The summed E-state index contributed by atoms with van der Waals surface area (Å²) < 4.78 is 34.5. The van der Waals surface area contributed by atoms with Crippen molar-refractivity contribution < 1.29 is 13.0 Å². The maximum absolute atomic E-state index is 13.1. The molecule has 0 bridgehead atoms. The minimum Gasteiger partial charge on any atom is -0.282 e. The van der Waals surface area contributed by atoms with Gasteiger partial charge in [0.05, 0.1) is 15.9 Å². The first-order valence-electron chi connectivity index (χ1n) is 7.62. The summed E-state index contributed by atoms with van der Waals surface area (Å²) in [6, 6.07) is 13.3. The van der Waals surface area contributed by atoms with Crippen LogP contribution in [-0.4, -0.2) is 22.4 Å². The van der Waals surface area contributed by atoms with E-state index >= 15 is 0 Å². The molecule has 2 aromatic heterocycles. The number of aromatic nitrogens is 2. The first-order chi connectivity index (χ1) is 12.4. The van der Waals surface area contributed by atoms with Crippen molar-refractivity contribution >= 4 is 64.3 Å². The fraction of sp³-hybridized carbons (Fsp3) is 0. The molecular formula is C18H9BrN2O4S. The van der Waals surface area contributed by atoms with Crippen molar-refractivity contribution in [3.8, 4) is 0 Å². The van der Waals surface area contributed by atoms with E-state index in [-0.39, 0.29) is 10.5 Å². The highest BCUT2D eigenvalue weighted by Gasteiger charge is 2.18. The van der Waals surface area contributed by atoms with Gasteiger partial charge >= 0.3 is 0 Å². The molecule has 0 fully saturated rings. The number of imidazole rings is 1. The summed E-state index contributed by atoms with van der Waals surface area (Å²) >= 11 is 3.51. The maximum atomic E-state index is 13.1. The second-order valence-corrected chi connectivity index (χ2v) is 8.30. The molecule has 2 heterocycles. The standard InChI is InChI=1S/C18H9BrN2O4S/c19-13-6-5-11-16-10(13)2-1-3-12(16)18(22)21-15-8-9(26(23,24)25)4-7-14(15)20-17(11)21/h1-8H,(H,23,24,25). The molecule has 0 aliphatic heterocycles. The monoisotopic (exact) mass is 428 g/mol. The predicted molar refractivity (Wildman–Crippen MR) is 103 cm³/mol. The number of fused-ring (bicyclic) bond motifs is 4. The van der Waals surface area contributed by atoms with Crippen molar-refractivity contribution in [3.63, 3.8) is 0 Å². The van der Waals surface area contributed by atoms with Gasteiger partial charge in [-0.1, -0.05) is 28.1 Å². The molecule has 0 radical (unpaired) electrons. The van der Waals surface area contributed by atoms with E-state index in [1.807, 2.05) is 18.2 Å². The Hall–Kier alpha value is -2.55. The number of benzene rings is 3. The normalized spacial score (nSPS) is 12.7. The highest BCUT2D eigenvalue weighted by Crippen LogP contribution is 2.33. The van der Waals surface area contributed by atoms with E-state index < -0.39 is 10.1 Å². The van der Waals surface area contributed by atoms with E-state index in [0.29, 0.717) is 22.1 Å². The van der Waals surface area contributed by atoms with Crippen molar-refractivity contribution in [2.75, 3.05) is 0 Å². The molecule has 3 aromatic carbocycles. The average Bonchev–Trinajstić information content (AvgIpc) is 2.99. The molecule has 0 saturated heterocycles. The van der Waals surface area contributed by atoms with E-state index in [1.54, 1.807) is 12.1 Å². The van der Waals surface area contributed by atoms with Crippen LogP contribution in [0.3, 0.4) is 0 Å². The molecule has 5 rings (SSSR count). The Morgan fingerprint density at radius 2 is 1.77 bits per heavy atom. The van der Waals surface area contributed by atoms with Crippen LogP contribution in [0.15, 0.2) is 62.7 Å². The van der Waals surface area contributed by atoms with Gasteiger partial charge in [-0.2, -0.15) is 8.42 Å². The predicted octanol–water partition coefficient (Wildman–Crippen LogP) is 3.60. The van der Waals surface area contributed by atoms with Gasteiger partial charge in [-0.05, 0) is 41.8 Å². The van der Waals surface area contributed by atoms with Crippen molar-refractivity contribution in [1.29, 1.82) is 0 Å². The molecule has 0 aliphatic carbocycles. The van der Waals surface area contributed by atoms with Crippen LogP contribution in [0.4, 0.5) is 0 Å². The summed E-state index contributed by atoms with van der Waals surface area (Å²) in [5.74, 6) is 0. The lowest BCUT2D eigenvalue weighted by atomic mass is 10.0. The zero-order valence-electron chi connectivity index (χ0n) is 13.0. The molecular weight excluding hydrogens is 420 g/mol. The van der Waals surface area contributed by atoms with Crippen molar-refractivity contribution in [1.82, 2.24) is 9.38 Å². The lowest BCUT2D eigenvalue weighted by Crippen LogP contribution is -2.13. The Balaban J connectivity index is 2.11. The van der Waals surface area contributed by atoms with E-state index in [2.05, 4.69) is 20.9 Å². The summed E-state index contributed by atoms with van der Waals surface area (Å²) in [6.45, 7) is 0. The lowest BCUT2D eigenvalue weighted by molar-refractivity contribution is 0.483. The summed E-state index contributed by atoms with van der Waals surface area (Å²) in [7, 11) is -4.38. The van der Waals surface area contributed by atoms with Crippen LogP contribution in [0.1, 0.15) is 0 Å².